The molecule has 32 heavy (non-hydrogen) atoms. The average molecular weight is 438 g/mol. The number of likely N-dealkylation sites (N-methyl/N-ethyl adjacent to an activating group) is 1. The fraction of sp³-hybridized carbons (Fsp3) is 0.500. The number of nitrogens with one attached hydrogen (secondary N) is 2. The molecule has 1 atom stereocenters. The lowest BCUT2D eigenvalue weighted by atomic mass is 9.95. The summed E-state index contributed by atoms with van der Waals surface area (Å²) in [7, 11) is 1.64. The van der Waals surface area contributed by atoms with Crippen LogP contribution in [-0.2, 0) is 17.9 Å². The molecule has 1 fully saturated rings. The third-order valence-corrected chi connectivity index (χ3v) is 6.71. The highest BCUT2D eigenvalue weighted by atomic mass is 16.2. The summed E-state index contributed by atoms with van der Waals surface area (Å²) in [5.41, 5.74) is 0.395. The lowest BCUT2D eigenvalue weighted by molar-refractivity contribution is -0.133. The normalized spacial score (nSPS) is 21.6. The van der Waals surface area contributed by atoms with E-state index >= 15 is 0 Å². The molecule has 1 aliphatic carbocycles. The maximum absolute atomic E-state index is 13.2. The molecule has 0 spiro atoms. The molecule has 2 heterocycles. The first kappa shape index (κ1) is 22.0. The van der Waals surface area contributed by atoms with E-state index in [1.165, 1.54) is 28.5 Å². The summed E-state index contributed by atoms with van der Waals surface area (Å²) in [4.78, 5) is 40.4. The Kier molecular flexibility index (Phi) is 6.30. The molecule has 0 saturated heterocycles. The molecule has 2 aliphatic rings. The third kappa shape index (κ3) is 4.40. The number of carbonyl (C=O) groups is 3. The van der Waals surface area contributed by atoms with Crippen LogP contribution in [0.25, 0.3) is 0 Å². The Morgan fingerprint density at radius 1 is 1.12 bits per heavy atom. The van der Waals surface area contributed by atoms with Gasteiger partial charge in [-0.25, -0.2) is 0 Å². The van der Waals surface area contributed by atoms with Crippen LogP contribution < -0.4 is 10.6 Å². The van der Waals surface area contributed by atoms with E-state index < -0.39 is 5.54 Å². The molecule has 0 bridgehead atoms. The maximum atomic E-state index is 13.2. The minimum absolute atomic E-state index is 0.142. The lowest BCUT2D eigenvalue weighted by Gasteiger charge is -2.41. The van der Waals surface area contributed by atoms with Crippen molar-refractivity contribution in [1.29, 1.82) is 0 Å². The summed E-state index contributed by atoms with van der Waals surface area (Å²) in [5, 5.41) is 10.4. The Balaban J connectivity index is 1.48. The van der Waals surface area contributed by atoms with Crippen LogP contribution in [0.4, 0.5) is 0 Å². The van der Waals surface area contributed by atoms with E-state index in [9.17, 15) is 14.4 Å². The molecule has 1 unspecified atom stereocenters. The SMILES string of the molecule is CN1C(=O)c2cc(C(=O)NCc3ccccc3)nn2CC1(C)C(=O)NC1CCCCCC1. The van der Waals surface area contributed by atoms with Crippen LogP contribution in [0, 0.1) is 0 Å². The standard InChI is InChI=1S/C24H31N5O3/c1-24(23(32)26-18-12-8-3-4-9-13-18)16-29-20(22(31)28(24)2)14-19(27-29)21(30)25-15-17-10-6-5-7-11-17/h5-7,10-11,14,18H,3-4,8-9,12-13,15-16H2,1-2H3,(H,25,30)(H,26,32). The molecule has 0 radical (unpaired) electrons. The zero-order valence-electron chi connectivity index (χ0n) is 18.8. The van der Waals surface area contributed by atoms with E-state index in [-0.39, 0.29) is 36.0 Å². The molecule has 8 nitrogen and oxygen atoms in total. The molecule has 1 saturated carbocycles. The van der Waals surface area contributed by atoms with Crippen LogP contribution in [0.2, 0.25) is 0 Å². The largest absolute Gasteiger partial charge is 0.351 e. The van der Waals surface area contributed by atoms with Gasteiger partial charge < -0.3 is 15.5 Å². The number of hydrogen-bond donors (Lipinski definition) is 2. The molecular weight excluding hydrogens is 406 g/mol. The molecule has 1 aliphatic heterocycles. The van der Waals surface area contributed by atoms with Gasteiger partial charge in [0.1, 0.15) is 11.2 Å². The van der Waals surface area contributed by atoms with Crippen LogP contribution in [0.15, 0.2) is 36.4 Å². The van der Waals surface area contributed by atoms with Gasteiger partial charge in [0, 0.05) is 25.7 Å². The highest BCUT2D eigenvalue weighted by Crippen LogP contribution is 2.27. The van der Waals surface area contributed by atoms with E-state index in [0.29, 0.717) is 12.2 Å². The summed E-state index contributed by atoms with van der Waals surface area (Å²) < 4.78 is 1.49. The molecule has 1 aromatic carbocycles. The fourth-order valence-electron chi connectivity index (χ4n) is 4.47. The Morgan fingerprint density at radius 3 is 2.50 bits per heavy atom. The van der Waals surface area contributed by atoms with Crippen molar-refractivity contribution in [3.8, 4) is 0 Å². The molecule has 170 valence electrons. The van der Waals surface area contributed by atoms with E-state index in [0.717, 1.165) is 31.2 Å². The first-order valence-corrected chi connectivity index (χ1v) is 11.4. The number of carbonyl (C=O) groups excluding carboxylic acids is 3. The van der Waals surface area contributed by atoms with Crippen molar-refractivity contribution < 1.29 is 14.4 Å². The number of nitrogens with zero attached hydrogens (tertiary/aromatic N) is 3. The molecular formula is C24H31N5O3. The van der Waals surface area contributed by atoms with Crippen molar-refractivity contribution >= 4 is 17.7 Å². The first-order valence-electron chi connectivity index (χ1n) is 11.4. The minimum atomic E-state index is -1.07. The predicted molar refractivity (Wildman–Crippen MR) is 120 cm³/mol. The van der Waals surface area contributed by atoms with Gasteiger partial charge in [0.15, 0.2) is 5.69 Å². The Labute approximate surface area is 188 Å². The molecule has 3 amide bonds. The Bertz CT molecular complexity index is 994. The van der Waals surface area contributed by atoms with Gasteiger partial charge in [0.25, 0.3) is 11.8 Å². The number of rotatable bonds is 5. The van der Waals surface area contributed by atoms with Gasteiger partial charge >= 0.3 is 0 Å². The average Bonchev–Trinajstić information content (AvgIpc) is 3.05. The van der Waals surface area contributed by atoms with Crippen molar-refractivity contribution in [2.45, 2.75) is 70.1 Å². The summed E-state index contributed by atoms with van der Waals surface area (Å²) in [6.07, 6.45) is 6.57. The number of fused-ring (bicyclic) bond motifs is 1. The number of benzene rings is 1. The second-order valence-electron chi connectivity index (χ2n) is 9.04. The van der Waals surface area contributed by atoms with Crippen LogP contribution in [0.3, 0.4) is 0 Å². The van der Waals surface area contributed by atoms with Gasteiger partial charge in [-0.1, -0.05) is 56.0 Å². The molecule has 1 aromatic heterocycles. The van der Waals surface area contributed by atoms with Crippen molar-refractivity contribution in [2.24, 2.45) is 0 Å². The highest BCUT2D eigenvalue weighted by Gasteiger charge is 2.46. The maximum Gasteiger partial charge on any atom is 0.272 e. The minimum Gasteiger partial charge on any atom is -0.351 e. The summed E-state index contributed by atoms with van der Waals surface area (Å²) in [6.45, 7) is 2.34. The Morgan fingerprint density at radius 2 is 1.81 bits per heavy atom. The fourth-order valence-corrected chi connectivity index (χ4v) is 4.47. The van der Waals surface area contributed by atoms with E-state index in [4.69, 9.17) is 0 Å². The van der Waals surface area contributed by atoms with Gasteiger partial charge in [0.05, 0.1) is 6.54 Å². The molecule has 2 N–H and O–H groups in total. The molecule has 2 aromatic rings. The van der Waals surface area contributed by atoms with Crippen LogP contribution in [0.5, 0.6) is 0 Å². The summed E-state index contributed by atoms with van der Waals surface area (Å²) in [6, 6.07) is 11.2. The molecule has 4 rings (SSSR count). The van der Waals surface area contributed by atoms with E-state index in [1.54, 1.807) is 14.0 Å². The van der Waals surface area contributed by atoms with Gasteiger partial charge in [0.2, 0.25) is 5.91 Å². The van der Waals surface area contributed by atoms with Crippen molar-refractivity contribution in [3.05, 3.63) is 53.3 Å². The summed E-state index contributed by atoms with van der Waals surface area (Å²) >= 11 is 0. The predicted octanol–water partition coefficient (Wildman–Crippen LogP) is 2.50. The number of hydrogen-bond acceptors (Lipinski definition) is 4. The highest BCUT2D eigenvalue weighted by molar-refractivity contribution is 6.01. The van der Waals surface area contributed by atoms with E-state index in [2.05, 4.69) is 15.7 Å². The second-order valence-corrected chi connectivity index (χ2v) is 9.04. The van der Waals surface area contributed by atoms with Crippen LogP contribution >= 0.6 is 0 Å². The first-order chi connectivity index (χ1) is 15.4. The lowest BCUT2D eigenvalue weighted by Crippen LogP contribution is -2.63. The monoisotopic (exact) mass is 437 g/mol. The van der Waals surface area contributed by atoms with Gasteiger partial charge in [-0.2, -0.15) is 5.10 Å². The Hall–Kier alpha value is -3.16. The zero-order chi connectivity index (χ0) is 22.7. The van der Waals surface area contributed by atoms with Crippen LogP contribution in [-0.4, -0.2) is 51.0 Å². The summed E-state index contributed by atoms with van der Waals surface area (Å²) in [5.74, 6) is -0.836. The van der Waals surface area contributed by atoms with Crippen molar-refractivity contribution in [1.82, 2.24) is 25.3 Å². The van der Waals surface area contributed by atoms with Crippen molar-refractivity contribution in [2.75, 3.05) is 7.05 Å². The topological polar surface area (TPSA) is 96.3 Å². The van der Waals surface area contributed by atoms with Gasteiger partial charge in [-0.3, -0.25) is 19.1 Å². The molecule has 8 heteroatoms. The smallest absolute Gasteiger partial charge is 0.272 e. The van der Waals surface area contributed by atoms with Gasteiger partial charge in [-0.15, -0.1) is 0 Å². The second kappa shape index (κ2) is 9.14. The van der Waals surface area contributed by atoms with Gasteiger partial charge in [-0.05, 0) is 25.3 Å². The quantitative estimate of drug-likeness (QED) is 0.703. The van der Waals surface area contributed by atoms with Crippen LogP contribution in [0.1, 0.15) is 72.0 Å². The number of aromatic nitrogens is 2. The third-order valence-electron chi connectivity index (χ3n) is 6.71. The van der Waals surface area contributed by atoms with E-state index in [1.807, 2.05) is 30.3 Å². The van der Waals surface area contributed by atoms with Crippen molar-refractivity contribution in [3.63, 3.8) is 0 Å². The zero-order valence-corrected chi connectivity index (χ0v) is 18.8. The number of amides is 3.